The number of methoxy groups -OCH3 is 1. The van der Waals surface area contributed by atoms with Gasteiger partial charge in [0.15, 0.2) is 0 Å². The molecule has 6 heteroatoms. The van der Waals surface area contributed by atoms with E-state index in [9.17, 15) is 9.90 Å². The second-order valence-corrected chi connectivity index (χ2v) is 5.50. The second-order valence-electron chi connectivity index (χ2n) is 5.50. The quantitative estimate of drug-likeness (QED) is 0.790. The minimum absolute atomic E-state index is 0.0860. The number of aromatic nitrogens is 2. The third kappa shape index (κ3) is 2.63. The Morgan fingerprint density at radius 1 is 1.30 bits per heavy atom. The van der Waals surface area contributed by atoms with E-state index in [4.69, 9.17) is 9.26 Å². The van der Waals surface area contributed by atoms with E-state index in [1.54, 1.807) is 25.3 Å². The van der Waals surface area contributed by atoms with Gasteiger partial charge in [-0.1, -0.05) is 31.1 Å². The standard InChI is InChI=1S/C17H16N2O4/c1-9(2)13-8-12(17(20)21)14-15(19-23-16(14)18-13)10-5-4-6-11(7-10)22-3/h4-9H,1-3H3,(H,20,21). The van der Waals surface area contributed by atoms with E-state index in [0.717, 1.165) is 0 Å². The Bertz CT molecular complexity index is 883. The number of rotatable bonds is 4. The van der Waals surface area contributed by atoms with Crippen LogP contribution in [0.2, 0.25) is 0 Å². The van der Waals surface area contributed by atoms with E-state index in [0.29, 0.717) is 28.1 Å². The molecule has 0 saturated heterocycles. The number of nitrogens with zero attached hydrogens (tertiary/aromatic N) is 2. The molecule has 0 aliphatic carbocycles. The van der Waals surface area contributed by atoms with Crippen LogP contribution in [0.15, 0.2) is 34.9 Å². The van der Waals surface area contributed by atoms with Gasteiger partial charge in [-0.3, -0.25) is 0 Å². The second kappa shape index (κ2) is 5.72. The minimum atomic E-state index is -1.04. The Kier molecular flexibility index (Phi) is 3.73. The summed E-state index contributed by atoms with van der Waals surface area (Å²) in [5, 5.41) is 14.0. The van der Waals surface area contributed by atoms with E-state index in [1.807, 2.05) is 26.0 Å². The molecule has 0 saturated carbocycles. The molecule has 0 unspecified atom stereocenters. The monoisotopic (exact) mass is 312 g/mol. The lowest BCUT2D eigenvalue weighted by atomic mass is 10.0. The van der Waals surface area contributed by atoms with Crippen molar-refractivity contribution >= 4 is 17.1 Å². The van der Waals surface area contributed by atoms with Crippen LogP contribution in [-0.4, -0.2) is 28.3 Å². The summed E-state index contributed by atoms with van der Waals surface area (Å²) in [4.78, 5) is 16.1. The number of benzene rings is 1. The van der Waals surface area contributed by atoms with Crippen LogP contribution in [-0.2, 0) is 0 Å². The highest BCUT2D eigenvalue weighted by atomic mass is 16.5. The number of aromatic carboxylic acids is 1. The van der Waals surface area contributed by atoms with Crippen LogP contribution in [0, 0.1) is 0 Å². The van der Waals surface area contributed by atoms with Crippen LogP contribution in [0.3, 0.4) is 0 Å². The van der Waals surface area contributed by atoms with Crippen molar-refractivity contribution in [1.82, 2.24) is 10.1 Å². The summed E-state index contributed by atoms with van der Waals surface area (Å²) in [7, 11) is 1.57. The number of carboxylic acid groups (broad SMARTS) is 1. The summed E-state index contributed by atoms with van der Waals surface area (Å²) in [5.41, 5.74) is 2.18. The van der Waals surface area contributed by atoms with E-state index >= 15 is 0 Å². The molecular formula is C17H16N2O4. The van der Waals surface area contributed by atoms with Crippen molar-refractivity contribution < 1.29 is 19.2 Å². The lowest BCUT2D eigenvalue weighted by molar-refractivity contribution is 0.0698. The molecule has 6 nitrogen and oxygen atoms in total. The predicted octanol–water partition coefficient (Wildman–Crippen LogP) is 3.72. The van der Waals surface area contributed by atoms with Crippen molar-refractivity contribution in [2.24, 2.45) is 0 Å². The SMILES string of the molecule is COc1cccc(-c2noc3nc(C(C)C)cc(C(=O)O)c23)c1. The van der Waals surface area contributed by atoms with E-state index < -0.39 is 5.97 Å². The molecule has 1 N–H and O–H groups in total. The average Bonchev–Trinajstić information content (AvgIpc) is 2.97. The normalized spacial score (nSPS) is 11.1. The maximum Gasteiger partial charge on any atom is 0.336 e. The fourth-order valence-corrected chi connectivity index (χ4v) is 2.40. The zero-order valence-electron chi connectivity index (χ0n) is 13.0. The molecule has 0 amide bonds. The molecule has 118 valence electrons. The molecule has 0 atom stereocenters. The van der Waals surface area contributed by atoms with Crippen LogP contribution in [0.1, 0.15) is 35.8 Å². The molecule has 23 heavy (non-hydrogen) atoms. The van der Waals surface area contributed by atoms with E-state index in [2.05, 4.69) is 10.1 Å². The number of ether oxygens (including phenoxy) is 1. The van der Waals surface area contributed by atoms with Crippen LogP contribution < -0.4 is 4.74 Å². The number of hydrogen-bond acceptors (Lipinski definition) is 5. The van der Waals surface area contributed by atoms with Crippen LogP contribution in [0.4, 0.5) is 0 Å². The minimum Gasteiger partial charge on any atom is -0.497 e. The molecule has 0 bridgehead atoms. The lowest BCUT2D eigenvalue weighted by Crippen LogP contribution is -2.02. The van der Waals surface area contributed by atoms with Gasteiger partial charge in [0, 0.05) is 11.3 Å². The van der Waals surface area contributed by atoms with Crippen LogP contribution >= 0.6 is 0 Å². The Morgan fingerprint density at radius 2 is 2.09 bits per heavy atom. The fraction of sp³-hybridized carbons (Fsp3) is 0.235. The van der Waals surface area contributed by atoms with Gasteiger partial charge < -0.3 is 14.4 Å². The molecule has 1 aromatic carbocycles. The number of carboxylic acids is 1. The first-order valence-corrected chi connectivity index (χ1v) is 7.19. The Balaban J connectivity index is 2.28. The van der Waals surface area contributed by atoms with Gasteiger partial charge in [-0.25, -0.2) is 9.78 Å². The third-order valence-electron chi connectivity index (χ3n) is 3.63. The lowest BCUT2D eigenvalue weighted by Gasteiger charge is -2.07. The number of pyridine rings is 1. The maximum absolute atomic E-state index is 11.7. The topological polar surface area (TPSA) is 85.5 Å². The molecule has 0 aliphatic rings. The van der Waals surface area contributed by atoms with Crippen molar-refractivity contribution in [2.75, 3.05) is 7.11 Å². The molecule has 3 rings (SSSR count). The Labute approximate surface area is 132 Å². The van der Waals surface area contributed by atoms with Gasteiger partial charge in [-0.15, -0.1) is 0 Å². The Hall–Kier alpha value is -2.89. The van der Waals surface area contributed by atoms with Gasteiger partial charge >= 0.3 is 5.97 Å². The van der Waals surface area contributed by atoms with E-state index in [-0.39, 0.29) is 17.2 Å². The molecule has 3 aromatic rings. The number of carbonyl (C=O) groups is 1. The van der Waals surface area contributed by atoms with Gasteiger partial charge in [0.05, 0.1) is 18.1 Å². The van der Waals surface area contributed by atoms with Gasteiger partial charge in [0.1, 0.15) is 11.4 Å². The van der Waals surface area contributed by atoms with Crippen molar-refractivity contribution in [3.05, 3.63) is 41.6 Å². The van der Waals surface area contributed by atoms with Gasteiger partial charge in [-0.2, -0.15) is 0 Å². The highest BCUT2D eigenvalue weighted by Gasteiger charge is 2.22. The van der Waals surface area contributed by atoms with Gasteiger partial charge in [0.25, 0.3) is 5.71 Å². The average molecular weight is 312 g/mol. The first-order valence-electron chi connectivity index (χ1n) is 7.19. The van der Waals surface area contributed by atoms with Crippen LogP contribution in [0.5, 0.6) is 5.75 Å². The van der Waals surface area contributed by atoms with Gasteiger partial charge in [0.2, 0.25) is 0 Å². The summed E-state index contributed by atoms with van der Waals surface area (Å²) < 4.78 is 10.5. The summed E-state index contributed by atoms with van der Waals surface area (Å²) >= 11 is 0. The van der Waals surface area contributed by atoms with Crippen molar-refractivity contribution in [2.45, 2.75) is 19.8 Å². The fourth-order valence-electron chi connectivity index (χ4n) is 2.40. The van der Waals surface area contributed by atoms with Crippen molar-refractivity contribution in [1.29, 1.82) is 0 Å². The first kappa shape index (κ1) is 15.0. The van der Waals surface area contributed by atoms with Crippen molar-refractivity contribution in [3.8, 4) is 17.0 Å². The summed E-state index contributed by atoms with van der Waals surface area (Å²) in [5.74, 6) is -0.295. The van der Waals surface area contributed by atoms with Crippen molar-refractivity contribution in [3.63, 3.8) is 0 Å². The molecular weight excluding hydrogens is 296 g/mol. The van der Waals surface area contributed by atoms with Gasteiger partial charge in [-0.05, 0) is 24.1 Å². The molecule has 0 aliphatic heterocycles. The molecule has 0 radical (unpaired) electrons. The summed E-state index contributed by atoms with van der Waals surface area (Å²) in [6.07, 6.45) is 0. The zero-order chi connectivity index (χ0) is 16.6. The largest absolute Gasteiger partial charge is 0.497 e. The first-order chi connectivity index (χ1) is 11.0. The molecule has 2 heterocycles. The Morgan fingerprint density at radius 3 is 2.74 bits per heavy atom. The predicted molar refractivity (Wildman–Crippen MR) is 84.8 cm³/mol. The third-order valence-corrected chi connectivity index (χ3v) is 3.63. The zero-order valence-corrected chi connectivity index (χ0v) is 13.0. The smallest absolute Gasteiger partial charge is 0.336 e. The highest BCUT2D eigenvalue weighted by molar-refractivity contribution is 6.06. The maximum atomic E-state index is 11.7. The van der Waals surface area contributed by atoms with Crippen LogP contribution in [0.25, 0.3) is 22.4 Å². The summed E-state index contributed by atoms with van der Waals surface area (Å²) in [6, 6.07) is 8.79. The summed E-state index contributed by atoms with van der Waals surface area (Å²) in [6.45, 7) is 3.89. The number of fused-ring (bicyclic) bond motifs is 1. The molecule has 0 spiro atoms. The molecule has 2 aromatic heterocycles. The number of hydrogen-bond donors (Lipinski definition) is 1. The molecule has 0 fully saturated rings. The highest BCUT2D eigenvalue weighted by Crippen LogP contribution is 2.33. The van der Waals surface area contributed by atoms with E-state index in [1.165, 1.54) is 0 Å².